The van der Waals surface area contributed by atoms with E-state index in [-0.39, 0.29) is 29.8 Å². The van der Waals surface area contributed by atoms with E-state index in [1.807, 2.05) is 31.1 Å². The van der Waals surface area contributed by atoms with E-state index in [0.29, 0.717) is 41.6 Å². The Morgan fingerprint density at radius 3 is 2.44 bits per heavy atom. The van der Waals surface area contributed by atoms with Gasteiger partial charge in [-0.1, -0.05) is 29.0 Å². The summed E-state index contributed by atoms with van der Waals surface area (Å²) < 4.78 is 41.3. The second kappa shape index (κ2) is 10.2. The summed E-state index contributed by atoms with van der Waals surface area (Å²) in [6.07, 6.45) is 0.812. The largest absolute Gasteiger partial charge is 0.308 e. The Hall–Kier alpha value is -2.11. The normalized spacial score (nSPS) is 15.8. The number of likely N-dealkylation sites (N-methyl/N-ethyl adjacent to an activating group) is 1. The molecule has 0 spiro atoms. The third kappa shape index (κ3) is 5.26. The highest BCUT2D eigenvalue weighted by molar-refractivity contribution is 7.89. The SMILES string of the molecule is CN(C)CCN(C(=O)C1CCN(S(=O)(=O)c2ccc(F)cc2)CC1)c1nc2c(Cl)cccc2s1. The molecule has 7 nitrogen and oxygen atoms in total. The zero-order chi connectivity index (χ0) is 24.5. The highest BCUT2D eigenvalue weighted by Crippen LogP contribution is 2.34. The van der Waals surface area contributed by atoms with Crippen molar-refractivity contribution >= 4 is 54.2 Å². The number of hydrogen-bond acceptors (Lipinski definition) is 6. The summed E-state index contributed by atoms with van der Waals surface area (Å²) in [6.45, 7) is 1.58. The highest BCUT2D eigenvalue weighted by Gasteiger charge is 2.35. The van der Waals surface area contributed by atoms with E-state index in [4.69, 9.17) is 11.6 Å². The van der Waals surface area contributed by atoms with Crippen molar-refractivity contribution in [1.29, 1.82) is 0 Å². The van der Waals surface area contributed by atoms with E-state index in [9.17, 15) is 17.6 Å². The van der Waals surface area contributed by atoms with Crippen LogP contribution >= 0.6 is 22.9 Å². The number of thiazole rings is 1. The fraction of sp³-hybridized carbons (Fsp3) is 0.391. The van der Waals surface area contributed by atoms with E-state index in [1.165, 1.54) is 27.8 Å². The first-order chi connectivity index (χ1) is 16.2. The molecule has 1 saturated heterocycles. The van der Waals surface area contributed by atoms with Gasteiger partial charge >= 0.3 is 0 Å². The van der Waals surface area contributed by atoms with Crippen molar-refractivity contribution in [2.45, 2.75) is 17.7 Å². The predicted octanol–water partition coefficient (Wildman–Crippen LogP) is 4.08. The number of nitrogens with zero attached hydrogens (tertiary/aromatic N) is 4. The highest BCUT2D eigenvalue weighted by atomic mass is 35.5. The Morgan fingerprint density at radius 1 is 1.15 bits per heavy atom. The van der Waals surface area contributed by atoms with Crippen LogP contribution in [-0.4, -0.2) is 68.8 Å². The van der Waals surface area contributed by atoms with Gasteiger partial charge in [-0.05, 0) is 63.3 Å². The lowest BCUT2D eigenvalue weighted by molar-refractivity contribution is -0.123. The number of carbonyl (C=O) groups is 1. The zero-order valence-corrected chi connectivity index (χ0v) is 21.3. The summed E-state index contributed by atoms with van der Waals surface area (Å²) in [7, 11) is 0.149. The van der Waals surface area contributed by atoms with Gasteiger partial charge in [0.2, 0.25) is 15.9 Å². The minimum absolute atomic E-state index is 0.0534. The fourth-order valence-corrected chi connectivity index (χ4v) is 6.70. The zero-order valence-electron chi connectivity index (χ0n) is 18.9. The molecule has 0 saturated carbocycles. The van der Waals surface area contributed by atoms with Crippen molar-refractivity contribution < 1.29 is 17.6 Å². The monoisotopic (exact) mass is 524 g/mol. The molecule has 0 atom stereocenters. The molecule has 1 aliphatic heterocycles. The molecule has 34 heavy (non-hydrogen) atoms. The predicted molar refractivity (Wildman–Crippen MR) is 133 cm³/mol. The first kappa shape index (κ1) is 25.0. The van der Waals surface area contributed by atoms with Crippen molar-refractivity contribution in [2.75, 3.05) is 45.2 Å². The van der Waals surface area contributed by atoms with Gasteiger partial charge in [-0.2, -0.15) is 4.31 Å². The minimum Gasteiger partial charge on any atom is -0.308 e. The Bertz CT molecular complexity index is 1270. The number of amides is 1. The number of halogens is 2. The molecule has 0 aliphatic carbocycles. The molecule has 0 radical (unpaired) electrons. The Morgan fingerprint density at radius 2 is 1.82 bits per heavy atom. The van der Waals surface area contributed by atoms with Crippen LogP contribution in [0.25, 0.3) is 10.2 Å². The quantitative estimate of drug-likeness (QED) is 0.465. The molecule has 1 aliphatic rings. The van der Waals surface area contributed by atoms with Gasteiger partial charge < -0.3 is 4.90 Å². The van der Waals surface area contributed by atoms with Crippen LogP contribution in [0, 0.1) is 11.7 Å². The van der Waals surface area contributed by atoms with Crippen LogP contribution in [0.2, 0.25) is 5.02 Å². The number of sulfonamides is 1. The third-order valence-corrected chi connectivity index (χ3v) is 9.14. The number of carbonyl (C=O) groups excluding carboxylic acids is 1. The lowest BCUT2D eigenvalue weighted by Gasteiger charge is -2.33. The van der Waals surface area contributed by atoms with Gasteiger partial charge in [0, 0.05) is 32.1 Å². The molecule has 2 aromatic carbocycles. The molecule has 1 fully saturated rings. The number of piperidine rings is 1. The second-order valence-corrected chi connectivity index (χ2v) is 11.9. The average Bonchev–Trinajstić information content (AvgIpc) is 3.24. The molecular formula is C23H26ClFN4O3S2. The lowest BCUT2D eigenvalue weighted by atomic mass is 9.96. The van der Waals surface area contributed by atoms with Crippen LogP contribution < -0.4 is 4.90 Å². The summed E-state index contributed by atoms with van der Waals surface area (Å²) in [5.74, 6) is -0.864. The van der Waals surface area contributed by atoms with Gasteiger partial charge in [-0.15, -0.1) is 0 Å². The molecule has 0 bridgehead atoms. The third-order valence-electron chi connectivity index (χ3n) is 5.88. The number of aromatic nitrogens is 1. The topological polar surface area (TPSA) is 73.8 Å². The van der Waals surface area contributed by atoms with Crippen LogP contribution in [0.15, 0.2) is 47.4 Å². The number of hydrogen-bond donors (Lipinski definition) is 0. The van der Waals surface area contributed by atoms with Gasteiger partial charge in [-0.25, -0.2) is 17.8 Å². The summed E-state index contributed by atoms with van der Waals surface area (Å²) in [5, 5.41) is 1.13. The van der Waals surface area contributed by atoms with Gasteiger partial charge in [0.05, 0.1) is 14.6 Å². The van der Waals surface area contributed by atoms with Crippen LogP contribution in [0.4, 0.5) is 9.52 Å². The average molecular weight is 525 g/mol. The minimum atomic E-state index is -3.73. The van der Waals surface area contributed by atoms with E-state index in [0.717, 1.165) is 16.8 Å². The first-order valence-corrected chi connectivity index (χ1v) is 13.6. The molecule has 182 valence electrons. The second-order valence-electron chi connectivity index (χ2n) is 8.51. The maximum atomic E-state index is 13.6. The van der Waals surface area contributed by atoms with Crippen LogP contribution in [0.3, 0.4) is 0 Å². The van der Waals surface area contributed by atoms with Crippen LogP contribution in [0.5, 0.6) is 0 Å². The van der Waals surface area contributed by atoms with E-state index >= 15 is 0 Å². The summed E-state index contributed by atoms with van der Waals surface area (Å²) in [4.78, 5) is 22.0. The number of rotatable bonds is 7. The Labute approximate surface area is 207 Å². The summed E-state index contributed by atoms with van der Waals surface area (Å²) in [6, 6.07) is 10.4. The van der Waals surface area contributed by atoms with Crippen molar-refractivity contribution in [3.63, 3.8) is 0 Å². The standard InChI is InChI=1S/C23H26ClFN4O3S2/c1-27(2)14-15-29(23-26-21-19(24)4-3-5-20(21)33-23)22(30)16-10-12-28(13-11-16)34(31,32)18-8-6-17(25)7-9-18/h3-9,16H,10-15H2,1-2H3. The lowest BCUT2D eigenvalue weighted by Crippen LogP contribution is -2.46. The smallest absolute Gasteiger partial charge is 0.243 e. The number of anilines is 1. The van der Waals surface area contributed by atoms with Crippen molar-refractivity contribution in [3.8, 4) is 0 Å². The van der Waals surface area contributed by atoms with Crippen molar-refractivity contribution in [1.82, 2.24) is 14.2 Å². The van der Waals surface area contributed by atoms with E-state index in [1.54, 1.807) is 11.0 Å². The fourth-order valence-electron chi connectivity index (χ4n) is 3.94. The van der Waals surface area contributed by atoms with Gasteiger partial charge in [-0.3, -0.25) is 9.69 Å². The van der Waals surface area contributed by atoms with Crippen molar-refractivity contribution in [2.24, 2.45) is 5.92 Å². The van der Waals surface area contributed by atoms with Gasteiger partial charge in [0.25, 0.3) is 0 Å². The van der Waals surface area contributed by atoms with Crippen LogP contribution in [0.1, 0.15) is 12.8 Å². The summed E-state index contributed by atoms with van der Waals surface area (Å²) in [5.41, 5.74) is 0.673. The molecule has 1 aromatic heterocycles. The molecule has 1 amide bonds. The maximum absolute atomic E-state index is 13.6. The molecule has 3 aromatic rings. The number of fused-ring (bicyclic) bond motifs is 1. The van der Waals surface area contributed by atoms with Crippen molar-refractivity contribution in [3.05, 3.63) is 53.3 Å². The molecule has 4 rings (SSSR count). The van der Waals surface area contributed by atoms with E-state index in [2.05, 4.69) is 4.98 Å². The summed E-state index contributed by atoms with van der Waals surface area (Å²) >= 11 is 7.72. The Kier molecular flexibility index (Phi) is 7.54. The van der Waals surface area contributed by atoms with Gasteiger partial charge in [0.15, 0.2) is 5.13 Å². The first-order valence-electron chi connectivity index (χ1n) is 10.9. The van der Waals surface area contributed by atoms with E-state index < -0.39 is 15.8 Å². The molecule has 0 unspecified atom stereocenters. The molecule has 11 heteroatoms. The van der Waals surface area contributed by atoms with Crippen LogP contribution in [-0.2, 0) is 14.8 Å². The molecular weight excluding hydrogens is 499 g/mol. The van der Waals surface area contributed by atoms with Gasteiger partial charge in [0.1, 0.15) is 11.3 Å². The Balaban J connectivity index is 1.51. The number of para-hydroxylation sites is 1. The molecule has 0 N–H and O–H groups in total. The number of benzene rings is 2. The maximum Gasteiger partial charge on any atom is 0.243 e. The molecule has 2 heterocycles.